The zero-order chi connectivity index (χ0) is 19.3. The lowest BCUT2D eigenvalue weighted by Gasteiger charge is -2.11. The Labute approximate surface area is 164 Å². The number of carbonyl (C=O) groups excluding carboxylic acids is 2. The molecule has 0 aliphatic carbocycles. The second kappa shape index (κ2) is 8.96. The van der Waals surface area contributed by atoms with Gasteiger partial charge in [-0.05, 0) is 56.3 Å². The van der Waals surface area contributed by atoms with Crippen LogP contribution in [0, 0.1) is 5.82 Å². The molecule has 0 aromatic heterocycles. The first-order valence-electron chi connectivity index (χ1n) is 7.81. The average molecular weight is 440 g/mol. The molecule has 0 fully saturated rings. The maximum Gasteiger partial charge on any atom is 0.251 e. The van der Waals surface area contributed by atoms with Crippen molar-refractivity contribution in [1.82, 2.24) is 5.32 Å². The zero-order valence-corrected chi connectivity index (χ0v) is 16.5. The maximum absolute atomic E-state index is 13.7. The summed E-state index contributed by atoms with van der Waals surface area (Å²) >= 11 is 9.33. The predicted octanol–water partition coefficient (Wildman–Crippen LogP) is 5.03. The largest absolute Gasteiger partial charge is 0.350 e. The molecule has 0 bridgehead atoms. The maximum atomic E-state index is 13.7. The van der Waals surface area contributed by atoms with Crippen LogP contribution in [0.1, 0.15) is 29.8 Å². The molecule has 2 rings (SSSR count). The molecule has 26 heavy (non-hydrogen) atoms. The zero-order valence-electron chi connectivity index (χ0n) is 14.1. The molecule has 2 aromatic rings. The van der Waals surface area contributed by atoms with Crippen LogP contribution in [-0.4, -0.2) is 17.9 Å². The molecule has 0 aliphatic heterocycles. The van der Waals surface area contributed by atoms with E-state index in [9.17, 15) is 14.0 Å². The van der Waals surface area contributed by atoms with Crippen LogP contribution in [0.2, 0.25) is 5.02 Å². The van der Waals surface area contributed by atoms with E-state index in [1.807, 2.05) is 13.8 Å². The summed E-state index contributed by atoms with van der Waals surface area (Å²) in [5.74, 6) is -1.20. The van der Waals surface area contributed by atoms with Gasteiger partial charge in [-0.15, -0.1) is 0 Å². The standard InChI is InChI=1S/C19H17BrClFN2O2/c1-11(2)23-19(26)13-3-6-15(21)17(10-13)24-18(25)8-4-12-9-14(20)5-7-16(12)22/h3-11H,1-2H3,(H,23,26)(H,24,25)/b8-4+. The second-order valence-corrected chi connectivity index (χ2v) is 7.13. The highest BCUT2D eigenvalue weighted by Crippen LogP contribution is 2.23. The topological polar surface area (TPSA) is 58.2 Å². The number of rotatable bonds is 5. The Balaban J connectivity index is 2.14. The van der Waals surface area contributed by atoms with E-state index >= 15 is 0 Å². The Kier molecular flexibility index (Phi) is 6.94. The molecule has 0 saturated carbocycles. The number of carbonyl (C=O) groups is 2. The predicted molar refractivity (Wildman–Crippen MR) is 106 cm³/mol. The third kappa shape index (κ3) is 5.68. The lowest BCUT2D eigenvalue weighted by atomic mass is 10.1. The molecule has 0 spiro atoms. The van der Waals surface area contributed by atoms with Crippen molar-refractivity contribution in [2.45, 2.75) is 19.9 Å². The van der Waals surface area contributed by atoms with Gasteiger partial charge in [-0.3, -0.25) is 9.59 Å². The minimum Gasteiger partial charge on any atom is -0.350 e. The number of hydrogen-bond donors (Lipinski definition) is 2. The molecule has 4 nitrogen and oxygen atoms in total. The summed E-state index contributed by atoms with van der Waals surface area (Å²) < 4.78 is 14.4. The fourth-order valence-corrected chi connectivity index (χ4v) is 2.63. The van der Waals surface area contributed by atoms with Crippen molar-refractivity contribution in [3.8, 4) is 0 Å². The number of hydrogen-bond acceptors (Lipinski definition) is 2. The molecule has 2 amide bonds. The Hall–Kier alpha value is -2.18. The number of amides is 2. The fraction of sp³-hybridized carbons (Fsp3) is 0.158. The SMILES string of the molecule is CC(C)NC(=O)c1ccc(Cl)c(NC(=O)/C=C/c2cc(Br)ccc2F)c1. The Morgan fingerprint density at radius 3 is 2.62 bits per heavy atom. The van der Waals surface area contributed by atoms with E-state index in [1.54, 1.807) is 18.2 Å². The van der Waals surface area contributed by atoms with Crippen molar-refractivity contribution in [2.24, 2.45) is 0 Å². The van der Waals surface area contributed by atoms with Crippen LogP contribution in [0.5, 0.6) is 0 Å². The lowest BCUT2D eigenvalue weighted by Crippen LogP contribution is -2.30. The van der Waals surface area contributed by atoms with Crippen LogP contribution in [0.4, 0.5) is 10.1 Å². The Morgan fingerprint density at radius 1 is 1.19 bits per heavy atom. The molecular formula is C19H17BrClFN2O2. The fourth-order valence-electron chi connectivity index (χ4n) is 2.09. The molecule has 0 heterocycles. The monoisotopic (exact) mass is 438 g/mol. The van der Waals surface area contributed by atoms with Crippen molar-refractivity contribution in [3.05, 3.63) is 68.9 Å². The number of halogens is 3. The van der Waals surface area contributed by atoms with E-state index in [4.69, 9.17) is 11.6 Å². The van der Waals surface area contributed by atoms with E-state index in [1.165, 1.54) is 30.4 Å². The van der Waals surface area contributed by atoms with Crippen molar-refractivity contribution >= 4 is 51.1 Å². The van der Waals surface area contributed by atoms with Crippen molar-refractivity contribution in [2.75, 3.05) is 5.32 Å². The van der Waals surface area contributed by atoms with Gasteiger partial charge in [0.25, 0.3) is 5.91 Å². The van der Waals surface area contributed by atoms with Gasteiger partial charge in [0.1, 0.15) is 5.82 Å². The first-order chi connectivity index (χ1) is 12.3. The third-order valence-electron chi connectivity index (χ3n) is 3.28. The van der Waals surface area contributed by atoms with Gasteiger partial charge in [-0.2, -0.15) is 0 Å². The highest BCUT2D eigenvalue weighted by molar-refractivity contribution is 9.10. The highest BCUT2D eigenvalue weighted by atomic mass is 79.9. The first kappa shape index (κ1) is 20.1. The number of anilines is 1. The van der Waals surface area contributed by atoms with Gasteiger partial charge in [0.15, 0.2) is 0 Å². The molecule has 7 heteroatoms. The van der Waals surface area contributed by atoms with Crippen LogP contribution in [0.25, 0.3) is 6.08 Å². The van der Waals surface area contributed by atoms with Gasteiger partial charge in [-0.1, -0.05) is 27.5 Å². The molecule has 2 aromatic carbocycles. The molecule has 0 aliphatic rings. The van der Waals surface area contributed by atoms with E-state index in [-0.39, 0.29) is 17.5 Å². The quantitative estimate of drug-likeness (QED) is 0.642. The van der Waals surface area contributed by atoms with E-state index in [0.29, 0.717) is 20.7 Å². The molecule has 0 radical (unpaired) electrons. The van der Waals surface area contributed by atoms with E-state index in [0.717, 1.165) is 0 Å². The van der Waals surface area contributed by atoms with Crippen LogP contribution in [0.3, 0.4) is 0 Å². The van der Waals surface area contributed by atoms with Gasteiger partial charge in [-0.25, -0.2) is 4.39 Å². The minimum absolute atomic E-state index is 0.0146. The summed E-state index contributed by atoms with van der Waals surface area (Å²) in [5, 5.41) is 5.65. The summed E-state index contributed by atoms with van der Waals surface area (Å²) in [6.07, 6.45) is 2.56. The van der Waals surface area contributed by atoms with E-state index < -0.39 is 11.7 Å². The summed E-state index contributed by atoms with van der Waals surface area (Å²) in [6, 6.07) is 9.01. The summed E-state index contributed by atoms with van der Waals surface area (Å²) in [7, 11) is 0. The molecule has 0 unspecified atom stereocenters. The van der Waals surface area contributed by atoms with Crippen LogP contribution in [0.15, 0.2) is 46.9 Å². The average Bonchev–Trinajstić information content (AvgIpc) is 2.57. The molecule has 136 valence electrons. The minimum atomic E-state index is -0.493. The molecule has 0 saturated heterocycles. The normalized spacial score (nSPS) is 11.0. The van der Waals surface area contributed by atoms with Gasteiger partial charge < -0.3 is 10.6 Å². The van der Waals surface area contributed by atoms with Gasteiger partial charge >= 0.3 is 0 Å². The van der Waals surface area contributed by atoms with Crippen LogP contribution in [-0.2, 0) is 4.79 Å². The molecule has 2 N–H and O–H groups in total. The highest BCUT2D eigenvalue weighted by Gasteiger charge is 2.11. The van der Waals surface area contributed by atoms with Crippen LogP contribution < -0.4 is 10.6 Å². The van der Waals surface area contributed by atoms with Crippen molar-refractivity contribution < 1.29 is 14.0 Å². The Morgan fingerprint density at radius 2 is 1.92 bits per heavy atom. The van der Waals surface area contributed by atoms with Gasteiger partial charge in [0, 0.05) is 27.7 Å². The molecule has 0 atom stereocenters. The van der Waals surface area contributed by atoms with Gasteiger partial charge in [0.2, 0.25) is 5.91 Å². The van der Waals surface area contributed by atoms with E-state index in [2.05, 4.69) is 26.6 Å². The summed E-state index contributed by atoms with van der Waals surface area (Å²) in [4.78, 5) is 24.2. The van der Waals surface area contributed by atoms with Crippen LogP contribution >= 0.6 is 27.5 Å². The summed E-state index contributed by atoms with van der Waals surface area (Å²) in [5.41, 5.74) is 0.943. The van der Waals surface area contributed by atoms with Crippen molar-refractivity contribution in [1.29, 1.82) is 0 Å². The second-order valence-electron chi connectivity index (χ2n) is 5.81. The summed E-state index contributed by atoms with van der Waals surface area (Å²) in [6.45, 7) is 3.70. The first-order valence-corrected chi connectivity index (χ1v) is 8.98. The number of nitrogens with one attached hydrogen (secondary N) is 2. The smallest absolute Gasteiger partial charge is 0.251 e. The number of benzene rings is 2. The molecular weight excluding hydrogens is 423 g/mol. The van der Waals surface area contributed by atoms with Gasteiger partial charge in [0.05, 0.1) is 10.7 Å². The Bertz CT molecular complexity index is 869. The third-order valence-corrected chi connectivity index (χ3v) is 4.10. The lowest BCUT2D eigenvalue weighted by molar-refractivity contribution is -0.111. The van der Waals surface area contributed by atoms with Crippen molar-refractivity contribution in [3.63, 3.8) is 0 Å².